The minimum absolute atomic E-state index is 1.14. The lowest BCUT2D eigenvalue weighted by Gasteiger charge is -2.15. The molecule has 0 unspecified atom stereocenters. The van der Waals surface area contributed by atoms with E-state index in [2.05, 4.69) is 75.6 Å². The van der Waals surface area contributed by atoms with E-state index >= 15 is 0 Å². The van der Waals surface area contributed by atoms with Gasteiger partial charge in [-0.1, -0.05) is 154 Å². The van der Waals surface area contributed by atoms with Crippen LogP contribution in [0.1, 0.15) is 201 Å². The maximum absolute atomic E-state index is 3.63. The van der Waals surface area contributed by atoms with Gasteiger partial charge in [-0.3, -0.25) is 0 Å². The van der Waals surface area contributed by atoms with Gasteiger partial charge in [0.25, 0.3) is 0 Å². The molecule has 0 aromatic heterocycles. The van der Waals surface area contributed by atoms with Crippen molar-refractivity contribution in [3.05, 3.63) is 68.8 Å². The summed E-state index contributed by atoms with van der Waals surface area (Å²) >= 11 is 0. The Morgan fingerprint density at radius 1 is 0.295 bits per heavy atom. The van der Waals surface area contributed by atoms with Crippen LogP contribution < -0.4 is 0 Å². The molecule has 2 aromatic carbocycles. The van der Waals surface area contributed by atoms with E-state index < -0.39 is 0 Å². The molecule has 1 aliphatic rings. The van der Waals surface area contributed by atoms with Crippen molar-refractivity contribution in [2.24, 2.45) is 0 Å². The second-order valence-electron chi connectivity index (χ2n) is 13.5. The van der Waals surface area contributed by atoms with Gasteiger partial charge in [-0.05, 0) is 97.9 Å². The second-order valence-corrected chi connectivity index (χ2v) is 13.5. The summed E-state index contributed by atoms with van der Waals surface area (Å²) in [5.74, 6) is 14.5. The molecular formula is C44H64. The van der Waals surface area contributed by atoms with Crippen LogP contribution in [-0.2, 0) is 25.7 Å². The highest BCUT2D eigenvalue weighted by molar-refractivity contribution is 5.63. The van der Waals surface area contributed by atoms with Crippen LogP contribution in [0.2, 0.25) is 0 Å². The van der Waals surface area contributed by atoms with Gasteiger partial charge in [0.2, 0.25) is 0 Å². The number of fused-ring (bicyclic) bond motifs is 2. The standard InChI is InChI=1S/C44H64/c1-5-9-13-17-21-25-37-33-41-29-30-43-35-39(27-23-19-15-11-7-3)40(28-24-20-16-12-8-4)36-44(43)32-31-42(41)34-38(37)26-22-18-14-10-6-2/h33-36H,5-28H2,1-4H3. The van der Waals surface area contributed by atoms with Crippen LogP contribution in [0.5, 0.6) is 0 Å². The summed E-state index contributed by atoms with van der Waals surface area (Å²) in [7, 11) is 0. The first-order valence-corrected chi connectivity index (χ1v) is 19.1. The molecular weight excluding hydrogens is 528 g/mol. The number of hydrogen-bond acceptors (Lipinski definition) is 0. The molecule has 0 radical (unpaired) electrons. The third-order valence-electron chi connectivity index (χ3n) is 9.54. The van der Waals surface area contributed by atoms with E-state index in [4.69, 9.17) is 0 Å². The minimum atomic E-state index is 1.14. The van der Waals surface area contributed by atoms with E-state index in [1.807, 2.05) is 0 Å². The maximum atomic E-state index is 3.63. The Morgan fingerprint density at radius 3 is 0.705 bits per heavy atom. The molecule has 0 fully saturated rings. The Labute approximate surface area is 273 Å². The summed E-state index contributed by atoms with van der Waals surface area (Å²) < 4.78 is 0. The Morgan fingerprint density at radius 2 is 0.500 bits per heavy atom. The molecule has 0 heterocycles. The molecule has 0 bridgehead atoms. The number of benzene rings is 2. The number of unbranched alkanes of at least 4 members (excludes halogenated alkanes) is 16. The lowest BCUT2D eigenvalue weighted by atomic mass is 9.89. The summed E-state index contributed by atoms with van der Waals surface area (Å²) in [5.41, 5.74) is 10.7. The van der Waals surface area contributed by atoms with E-state index in [-0.39, 0.29) is 0 Å². The lowest BCUT2D eigenvalue weighted by Crippen LogP contribution is -2.02. The van der Waals surface area contributed by atoms with Gasteiger partial charge in [0, 0.05) is 22.3 Å². The van der Waals surface area contributed by atoms with Gasteiger partial charge >= 0.3 is 0 Å². The topological polar surface area (TPSA) is 0 Å². The van der Waals surface area contributed by atoms with Crippen molar-refractivity contribution in [3.63, 3.8) is 0 Å². The molecule has 0 heteroatoms. The smallest absolute Gasteiger partial charge is 0.0408 e. The first-order chi connectivity index (χ1) is 21.7. The summed E-state index contributed by atoms with van der Waals surface area (Å²) in [4.78, 5) is 0. The Balaban J connectivity index is 1.86. The normalized spacial score (nSPS) is 11.5. The van der Waals surface area contributed by atoms with E-state index in [0.717, 1.165) is 22.3 Å². The fourth-order valence-electron chi connectivity index (χ4n) is 6.67. The van der Waals surface area contributed by atoms with Gasteiger partial charge in [0.15, 0.2) is 0 Å². The molecule has 3 rings (SSSR count). The van der Waals surface area contributed by atoms with Gasteiger partial charge in [-0.2, -0.15) is 0 Å². The Kier molecular flexibility index (Phi) is 18.1. The predicted octanol–water partition coefficient (Wildman–Crippen LogP) is 12.9. The fourth-order valence-corrected chi connectivity index (χ4v) is 6.67. The van der Waals surface area contributed by atoms with Crippen LogP contribution in [0.4, 0.5) is 0 Å². The van der Waals surface area contributed by atoms with E-state index in [0.29, 0.717) is 0 Å². The van der Waals surface area contributed by atoms with E-state index in [9.17, 15) is 0 Å². The average molecular weight is 593 g/mol. The number of hydrogen-bond donors (Lipinski definition) is 0. The van der Waals surface area contributed by atoms with E-state index in [1.54, 1.807) is 0 Å². The van der Waals surface area contributed by atoms with Crippen molar-refractivity contribution in [1.82, 2.24) is 0 Å². The zero-order valence-corrected chi connectivity index (χ0v) is 29.3. The highest BCUT2D eigenvalue weighted by Gasteiger charge is 2.13. The second kappa shape index (κ2) is 22.1. The quantitative estimate of drug-likeness (QED) is 0.0717. The van der Waals surface area contributed by atoms with Crippen LogP contribution in [0, 0.1) is 23.7 Å². The van der Waals surface area contributed by atoms with Crippen molar-refractivity contribution in [1.29, 1.82) is 0 Å². The minimum Gasteiger partial charge on any atom is -0.0654 e. The van der Waals surface area contributed by atoms with Gasteiger partial charge in [0.1, 0.15) is 0 Å². The number of rotatable bonds is 24. The van der Waals surface area contributed by atoms with Crippen molar-refractivity contribution in [2.75, 3.05) is 0 Å². The summed E-state index contributed by atoms with van der Waals surface area (Å²) in [5, 5.41) is 0. The first-order valence-electron chi connectivity index (χ1n) is 19.1. The summed E-state index contributed by atoms with van der Waals surface area (Å²) in [6.07, 6.45) is 31.3. The molecule has 0 saturated heterocycles. The predicted molar refractivity (Wildman–Crippen MR) is 195 cm³/mol. The summed E-state index contributed by atoms with van der Waals surface area (Å²) in [6, 6.07) is 9.68. The molecule has 1 aliphatic carbocycles. The molecule has 0 atom stereocenters. The third-order valence-corrected chi connectivity index (χ3v) is 9.54. The highest BCUT2D eigenvalue weighted by atomic mass is 14.2. The maximum Gasteiger partial charge on any atom is 0.0408 e. The molecule has 0 nitrogen and oxygen atoms in total. The fraction of sp³-hybridized carbons (Fsp3) is 0.636. The van der Waals surface area contributed by atoms with Crippen molar-refractivity contribution in [3.8, 4) is 23.7 Å². The third kappa shape index (κ3) is 12.9. The molecule has 44 heavy (non-hydrogen) atoms. The van der Waals surface area contributed by atoms with Crippen LogP contribution >= 0.6 is 0 Å². The van der Waals surface area contributed by atoms with Gasteiger partial charge < -0.3 is 0 Å². The zero-order chi connectivity index (χ0) is 31.2. The summed E-state index contributed by atoms with van der Waals surface area (Å²) in [6.45, 7) is 9.20. The van der Waals surface area contributed by atoms with Crippen molar-refractivity contribution < 1.29 is 0 Å². The molecule has 2 aromatic rings. The van der Waals surface area contributed by atoms with Crippen LogP contribution in [0.25, 0.3) is 0 Å². The Bertz CT molecular complexity index is 1030. The molecule has 0 aliphatic heterocycles. The molecule has 0 spiro atoms. The highest BCUT2D eigenvalue weighted by Crippen LogP contribution is 2.26. The van der Waals surface area contributed by atoms with Gasteiger partial charge in [-0.15, -0.1) is 0 Å². The monoisotopic (exact) mass is 593 g/mol. The van der Waals surface area contributed by atoms with Gasteiger partial charge in [-0.25, -0.2) is 0 Å². The number of aryl methyl sites for hydroxylation is 4. The van der Waals surface area contributed by atoms with Crippen LogP contribution in [-0.4, -0.2) is 0 Å². The Hall–Kier alpha value is -2.44. The van der Waals surface area contributed by atoms with Crippen molar-refractivity contribution >= 4 is 0 Å². The largest absolute Gasteiger partial charge is 0.0654 e. The van der Waals surface area contributed by atoms with Crippen molar-refractivity contribution in [2.45, 2.75) is 182 Å². The van der Waals surface area contributed by atoms with Gasteiger partial charge in [0.05, 0.1) is 0 Å². The molecule has 0 saturated carbocycles. The zero-order valence-electron chi connectivity index (χ0n) is 29.3. The lowest BCUT2D eigenvalue weighted by molar-refractivity contribution is 0.620. The first kappa shape index (κ1) is 36.0. The average Bonchev–Trinajstić information content (AvgIpc) is 3.03. The van der Waals surface area contributed by atoms with E-state index in [1.165, 1.54) is 176 Å². The van der Waals surface area contributed by atoms with Crippen LogP contribution in [0.3, 0.4) is 0 Å². The molecule has 240 valence electrons. The molecule has 0 amide bonds. The SMILES string of the molecule is CCCCCCCc1cc2c(cc1CCCCCCC)C#Cc1cc(CCCCCCC)c(CCCCCCC)cc1C#C2. The van der Waals surface area contributed by atoms with Crippen LogP contribution in [0.15, 0.2) is 24.3 Å². The molecule has 0 N–H and O–H groups in total.